The lowest BCUT2D eigenvalue weighted by atomic mass is 9.84. The van der Waals surface area contributed by atoms with Gasteiger partial charge in [0.05, 0.1) is 5.69 Å². The molecule has 4 aromatic rings. The summed E-state index contributed by atoms with van der Waals surface area (Å²) >= 11 is 0. The summed E-state index contributed by atoms with van der Waals surface area (Å²) in [6.45, 7) is 9.80. The van der Waals surface area contributed by atoms with E-state index in [0.717, 1.165) is 31.9 Å². The zero-order valence-electron chi connectivity index (χ0n) is 25.9. The number of nitrogens with one attached hydrogen (secondary N) is 1. The van der Waals surface area contributed by atoms with Gasteiger partial charge >= 0.3 is 6.09 Å². The average Bonchev–Trinajstić information content (AvgIpc) is 2.99. The van der Waals surface area contributed by atoms with E-state index < -0.39 is 11.7 Å². The van der Waals surface area contributed by atoms with E-state index >= 15 is 0 Å². The zero-order valence-corrected chi connectivity index (χ0v) is 25.9. The number of aromatic nitrogens is 3. The minimum atomic E-state index is -0.686. The van der Waals surface area contributed by atoms with Crippen LogP contribution in [-0.2, 0) is 11.8 Å². The van der Waals surface area contributed by atoms with Gasteiger partial charge in [0.15, 0.2) is 0 Å². The SMILES string of the molecule is CN1CCN(c2ccc(Nc3ncc4cc(C5CCN(C(=O)OC(C)(C)C)c6c(O)cccc65)c(=O)n(C)c4n3)cc2)CC1. The second kappa shape index (κ2) is 11.5. The van der Waals surface area contributed by atoms with Gasteiger partial charge in [0, 0.05) is 74.2 Å². The number of nitrogens with zero attached hydrogens (tertiary/aromatic N) is 6. The zero-order chi connectivity index (χ0) is 31.2. The number of ether oxygens (including phenoxy) is 1. The lowest BCUT2D eigenvalue weighted by Crippen LogP contribution is -2.44. The van der Waals surface area contributed by atoms with E-state index in [4.69, 9.17) is 4.74 Å². The number of piperazine rings is 1. The number of para-hydroxylation sites is 1. The maximum atomic E-state index is 13.8. The molecule has 11 nitrogen and oxygen atoms in total. The van der Waals surface area contributed by atoms with Gasteiger partial charge in [0.25, 0.3) is 5.56 Å². The van der Waals surface area contributed by atoms with E-state index in [1.54, 1.807) is 46.1 Å². The van der Waals surface area contributed by atoms with E-state index in [1.807, 2.05) is 24.3 Å². The number of hydrogen-bond donors (Lipinski definition) is 2. The molecule has 1 unspecified atom stereocenters. The maximum Gasteiger partial charge on any atom is 0.414 e. The molecule has 1 amide bonds. The van der Waals surface area contributed by atoms with Gasteiger partial charge in [-0.3, -0.25) is 14.3 Å². The molecule has 11 heteroatoms. The number of phenolic OH excluding ortho intramolecular Hbond substituents is 1. The molecule has 230 valence electrons. The maximum absolute atomic E-state index is 13.8. The molecule has 2 aromatic carbocycles. The number of hydrogen-bond acceptors (Lipinski definition) is 9. The Morgan fingerprint density at radius 3 is 2.43 bits per heavy atom. The van der Waals surface area contributed by atoms with Crippen LogP contribution in [0.3, 0.4) is 0 Å². The highest BCUT2D eigenvalue weighted by molar-refractivity contribution is 5.92. The van der Waals surface area contributed by atoms with Gasteiger partial charge in [-0.05, 0) is 76.2 Å². The van der Waals surface area contributed by atoms with Crippen LogP contribution in [0, 0.1) is 0 Å². The number of aromatic hydroxyl groups is 1. The van der Waals surface area contributed by atoms with Gasteiger partial charge in [-0.2, -0.15) is 4.98 Å². The van der Waals surface area contributed by atoms with E-state index in [0.29, 0.717) is 40.2 Å². The fourth-order valence-corrected chi connectivity index (χ4v) is 6.00. The van der Waals surface area contributed by atoms with Gasteiger partial charge < -0.3 is 25.0 Å². The predicted octanol–water partition coefficient (Wildman–Crippen LogP) is 4.81. The van der Waals surface area contributed by atoms with E-state index in [2.05, 4.69) is 44.3 Å². The fourth-order valence-electron chi connectivity index (χ4n) is 6.00. The Kier molecular flexibility index (Phi) is 7.66. The van der Waals surface area contributed by atoms with E-state index in [1.165, 1.54) is 15.2 Å². The average molecular weight is 598 g/mol. The highest BCUT2D eigenvalue weighted by atomic mass is 16.6. The standard InChI is InChI=1S/C33H39N7O4/c1-33(2,3)44-32(43)40-14-13-24(25-7-6-8-27(41)28(25)40)26-19-21-20-34-31(36-29(21)38(5)30(26)42)35-22-9-11-23(12-10-22)39-17-15-37(4)16-18-39/h6-12,19-20,24,41H,13-18H2,1-5H3,(H,34,35,36). The Hall–Kier alpha value is -4.64. The molecule has 0 saturated carbocycles. The van der Waals surface area contributed by atoms with Crippen LogP contribution in [0.4, 0.5) is 27.8 Å². The number of amides is 1. The van der Waals surface area contributed by atoms with Crippen LogP contribution in [0.2, 0.25) is 0 Å². The molecule has 1 fully saturated rings. The van der Waals surface area contributed by atoms with Crippen molar-refractivity contribution >= 4 is 40.1 Å². The number of aryl methyl sites for hydroxylation is 1. The molecule has 2 aromatic heterocycles. The Morgan fingerprint density at radius 2 is 1.73 bits per heavy atom. The van der Waals surface area contributed by atoms with Crippen LogP contribution in [0.25, 0.3) is 11.0 Å². The van der Waals surface area contributed by atoms with Crippen LogP contribution < -0.4 is 20.7 Å². The van der Waals surface area contributed by atoms with Crippen molar-refractivity contribution < 1.29 is 14.6 Å². The second-order valence-electron chi connectivity index (χ2n) is 12.6. The molecule has 2 aliphatic heterocycles. The first-order valence-electron chi connectivity index (χ1n) is 15.0. The molecular formula is C33H39N7O4. The lowest BCUT2D eigenvalue weighted by molar-refractivity contribution is 0.0576. The Labute approximate surface area is 256 Å². The molecule has 0 bridgehead atoms. The minimum Gasteiger partial charge on any atom is -0.506 e. The van der Waals surface area contributed by atoms with Crippen molar-refractivity contribution in [1.82, 2.24) is 19.4 Å². The largest absolute Gasteiger partial charge is 0.506 e. The van der Waals surface area contributed by atoms with Crippen LogP contribution >= 0.6 is 0 Å². The molecule has 2 aliphatic rings. The van der Waals surface area contributed by atoms with Crippen molar-refractivity contribution in [2.75, 3.05) is 54.9 Å². The van der Waals surface area contributed by atoms with Gasteiger partial charge in [-0.25, -0.2) is 9.78 Å². The summed E-state index contributed by atoms with van der Waals surface area (Å²) in [5.41, 5.74) is 3.29. The number of rotatable bonds is 4. The third-order valence-electron chi connectivity index (χ3n) is 8.29. The number of benzene rings is 2. The normalized spacial score (nSPS) is 17.4. The first-order chi connectivity index (χ1) is 21.0. The van der Waals surface area contributed by atoms with Crippen LogP contribution in [0.5, 0.6) is 5.75 Å². The smallest absolute Gasteiger partial charge is 0.414 e. The van der Waals surface area contributed by atoms with Gasteiger partial charge in [0.2, 0.25) is 5.95 Å². The molecule has 1 saturated heterocycles. The van der Waals surface area contributed by atoms with Crippen molar-refractivity contribution in [3.63, 3.8) is 0 Å². The highest BCUT2D eigenvalue weighted by Crippen LogP contribution is 2.44. The number of anilines is 4. The number of carbonyl (C=O) groups is 1. The molecule has 0 spiro atoms. The highest BCUT2D eigenvalue weighted by Gasteiger charge is 2.35. The van der Waals surface area contributed by atoms with Gasteiger partial charge in [0.1, 0.15) is 17.0 Å². The Balaban J connectivity index is 1.27. The molecule has 0 radical (unpaired) electrons. The van der Waals surface area contributed by atoms with Crippen molar-refractivity contribution in [3.8, 4) is 5.75 Å². The van der Waals surface area contributed by atoms with Crippen LogP contribution in [0.15, 0.2) is 59.5 Å². The third kappa shape index (κ3) is 5.79. The van der Waals surface area contributed by atoms with E-state index in [9.17, 15) is 14.7 Å². The summed E-state index contributed by atoms with van der Waals surface area (Å²) < 4.78 is 7.14. The van der Waals surface area contributed by atoms with Crippen LogP contribution in [0.1, 0.15) is 44.2 Å². The third-order valence-corrected chi connectivity index (χ3v) is 8.29. The Morgan fingerprint density at radius 1 is 1.00 bits per heavy atom. The predicted molar refractivity (Wildman–Crippen MR) is 172 cm³/mol. The van der Waals surface area contributed by atoms with Crippen LogP contribution in [-0.4, -0.2) is 76.0 Å². The van der Waals surface area contributed by atoms with E-state index in [-0.39, 0.29) is 23.8 Å². The summed E-state index contributed by atoms with van der Waals surface area (Å²) in [6.07, 6.45) is 1.67. The first-order valence-corrected chi connectivity index (χ1v) is 15.0. The Bertz CT molecular complexity index is 1760. The number of fused-ring (bicyclic) bond motifs is 2. The summed E-state index contributed by atoms with van der Waals surface area (Å²) in [7, 11) is 3.85. The number of phenols is 1. The molecule has 1 atom stereocenters. The first kappa shape index (κ1) is 29.4. The molecular weight excluding hydrogens is 558 g/mol. The second-order valence-corrected chi connectivity index (χ2v) is 12.6. The van der Waals surface area contributed by atoms with Crippen molar-refractivity contribution in [3.05, 3.63) is 76.2 Å². The number of carbonyl (C=O) groups excluding carboxylic acids is 1. The quantitative estimate of drug-likeness (QED) is 0.342. The molecule has 4 heterocycles. The summed E-state index contributed by atoms with van der Waals surface area (Å²) in [4.78, 5) is 42.2. The van der Waals surface area contributed by atoms with Crippen molar-refractivity contribution in [2.24, 2.45) is 7.05 Å². The number of pyridine rings is 1. The summed E-state index contributed by atoms with van der Waals surface area (Å²) in [6, 6.07) is 15.2. The number of likely N-dealkylation sites (N-methyl/N-ethyl adjacent to an activating group) is 1. The molecule has 44 heavy (non-hydrogen) atoms. The van der Waals surface area contributed by atoms with Gasteiger partial charge in [-0.15, -0.1) is 0 Å². The summed E-state index contributed by atoms with van der Waals surface area (Å²) in [5.74, 6) is 0.0235. The molecule has 0 aliphatic carbocycles. The van der Waals surface area contributed by atoms with Crippen molar-refractivity contribution in [1.29, 1.82) is 0 Å². The topological polar surface area (TPSA) is 116 Å². The summed E-state index contributed by atoms with van der Waals surface area (Å²) in [5, 5.41) is 14.8. The molecule has 6 rings (SSSR count). The molecule has 2 N–H and O–H groups in total. The monoisotopic (exact) mass is 597 g/mol. The fraction of sp³-hybridized carbons (Fsp3) is 0.394. The van der Waals surface area contributed by atoms with Crippen molar-refractivity contribution in [2.45, 2.75) is 38.7 Å². The van der Waals surface area contributed by atoms with Gasteiger partial charge in [-0.1, -0.05) is 12.1 Å². The minimum absolute atomic E-state index is 0.0358. The lowest BCUT2D eigenvalue weighted by Gasteiger charge is -2.35.